The van der Waals surface area contributed by atoms with Crippen LogP contribution in [0.3, 0.4) is 0 Å². The molecular weight excluding hydrogens is 340 g/mol. The Balaban J connectivity index is 1.72. The molecule has 124 valence electrons. The van der Waals surface area contributed by atoms with E-state index in [1.54, 1.807) is 0 Å². The van der Waals surface area contributed by atoms with E-state index in [1.165, 1.54) is 5.56 Å². The molecule has 2 aromatic rings. The van der Waals surface area contributed by atoms with Gasteiger partial charge in [0.15, 0.2) is 5.11 Å². The molecule has 2 aromatic carbocycles. The first-order chi connectivity index (χ1) is 11.7. The molecule has 0 aliphatic carbocycles. The summed E-state index contributed by atoms with van der Waals surface area (Å²) in [6.07, 6.45) is 0.960. The van der Waals surface area contributed by atoms with Gasteiger partial charge < -0.3 is 10.6 Å². The van der Waals surface area contributed by atoms with Gasteiger partial charge >= 0.3 is 0 Å². The Bertz CT molecular complexity index is 775. The zero-order chi connectivity index (χ0) is 16.9. The van der Waals surface area contributed by atoms with Gasteiger partial charge in [-0.15, -0.1) is 0 Å². The van der Waals surface area contributed by atoms with Crippen LogP contribution in [0.1, 0.15) is 12.5 Å². The van der Waals surface area contributed by atoms with Gasteiger partial charge in [0.2, 0.25) is 5.96 Å². The van der Waals surface area contributed by atoms with Crippen molar-refractivity contribution < 1.29 is 0 Å². The van der Waals surface area contributed by atoms with E-state index in [9.17, 15) is 0 Å². The lowest BCUT2D eigenvalue weighted by molar-refractivity contribution is 0.673. The number of benzene rings is 2. The van der Waals surface area contributed by atoms with Gasteiger partial charge in [-0.25, -0.2) is 0 Å². The molecular formula is C18H19ClN4S. The number of aliphatic imine (C=N–C) groups is 1. The maximum atomic E-state index is 6.02. The van der Waals surface area contributed by atoms with Crippen molar-refractivity contribution in [3.8, 4) is 0 Å². The smallest absolute Gasteiger partial charge is 0.204 e. The van der Waals surface area contributed by atoms with Crippen molar-refractivity contribution in [1.82, 2.24) is 4.90 Å². The Morgan fingerprint density at radius 3 is 2.88 bits per heavy atom. The van der Waals surface area contributed by atoms with Crippen LogP contribution in [0.5, 0.6) is 0 Å². The van der Waals surface area contributed by atoms with E-state index in [1.807, 2.05) is 41.3 Å². The summed E-state index contributed by atoms with van der Waals surface area (Å²) in [5.74, 6) is 0.774. The number of halogens is 1. The number of para-hydroxylation sites is 1. The number of nitrogens with one attached hydrogen (secondary N) is 2. The first-order valence-electron chi connectivity index (χ1n) is 7.91. The summed E-state index contributed by atoms with van der Waals surface area (Å²) in [4.78, 5) is 6.52. The van der Waals surface area contributed by atoms with Crippen LogP contribution >= 0.6 is 23.8 Å². The second kappa shape index (κ2) is 7.64. The van der Waals surface area contributed by atoms with Gasteiger partial charge in [-0.2, -0.15) is 0 Å². The number of hydrogen-bond donors (Lipinski definition) is 2. The lowest BCUT2D eigenvalue weighted by Crippen LogP contribution is -2.41. The zero-order valence-corrected chi connectivity index (χ0v) is 15.0. The lowest BCUT2D eigenvalue weighted by atomic mass is 10.1. The Labute approximate surface area is 152 Å². The summed E-state index contributed by atoms with van der Waals surface area (Å²) < 4.78 is 0. The number of anilines is 2. The van der Waals surface area contributed by atoms with Crippen molar-refractivity contribution >= 4 is 46.3 Å². The zero-order valence-electron chi connectivity index (χ0n) is 13.4. The standard InChI is InChI=1S/C18H19ClN4S/c1-2-13-6-3-4-9-16(13)22-17-20-10-11-23(17)18(24)21-15-8-5-7-14(19)12-15/h3-9,12H,2,10-11H2,1H3,(H,20,22)(H,21,24). The van der Waals surface area contributed by atoms with Crippen LogP contribution < -0.4 is 10.6 Å². The van der Waals surface area contributed by atoms with E-state index >= 15 is 0 Å². The maximum absolute atomic E-state index is 6.02. The molecule has 1 heterocycles. The fourth-order valence-corrected chi connectivity index (χ4v) is 3.07. The highest BCUT2D eigenvalue weighted by atomic mass is 35.5. The highest BCUT2D eigenvalue weighted by Gasteiger charge is 2.21. The third kappa shape index (κ3) is 3.86. The molecule has 1 aliphatic rings. The predicted octanol–water partition coefficient (Wildman–Crippen LogP) is 4.38. The fraction of sp³-hybridized carbons (Fsp3) is 0.222. The quantitative estimate of drug-likeness (QED) is 0.798. The highest BCUT2D eigenvalue weighted by molar-refractivity contribution is 7.80. The summed E-state index contributed by atoms with van der Waals surface area (Å²) in [5, 5.41) is 7.91. The van der Waals surface area contributed by atoms with Gasteiger partial charge in [0.05, 0.1) is 6.54 Å². The van der Waals surface area contributed by atoms with Crippen LogP contribution in [0.2, 0.25) is 5.02 Å². The van der Waals surface area contributed by atoms with Gasteiger partial charge in [0.25, 0.3) is 0 Å². The maximum Gasteiger partial charge on any atom is 0.204 e. The average molecular weight is 359 g/mol. The van der Waals surface area contributed by atoms with E-state index in [2.05, 4.69) is 34.7 Å². The van der Waals surface area contributed by atoms with Crippen molar-refractivity contribution in [3.05, 3.63) is 59.1 Å². The molecule has 6 heteroatoms. The number of guanidine groups is 1. The van der Waals surface area contributed by atoms with E-state index in [-0.39, 0.29) is 0 Å². The average Bonchev–Trinajstić information content (AvgIpc) is 3.03. The van der Waals surface area contributed by atoms with Crippen LogP contribution in [-0.4, -0.2) is 29.1 Å². The van der Waals surface area contributed by atoms with Crippen LogP contribution in [0.15, 0.2) is 53.5 Å². The molecule has 3 rings (SSSR count). The van der Waals surface area contributed by atoms with Gasteiger partial charge in [-0.3, -0.25) is 9.89 Å². The van der Waals surface area contributed by atoms with E-state index in [4.69, 9.17) is 23.8 Å². The van der Waals surface area contributed by atoms with Crippen molar-refractivity contribution in [2.24, 2.45) is 4.99 Å². The van der Waals surface area contributed by atoms with Crippen molar-refractivity contribution in [2.75, 3.05) is 23.7 Å². The summed E-state index contributed by atoms with van der Waals surface area (Å²) in [6.45, 7) is 3.61. The first-order valence-corrected chi connectivity index (χ1v) is 8.69. The molecule has 0 spiro atoms. The second-order valence-electron chi connectivity index (χ2n) is 5.43. The Morgan fingerprint density at radius 1 is 1.25 bits per heavy atom. The van der Waals surface area contributed by atoms with Gasteiger partial charge in [-0.05, 0) is 48.5 Å². The fourth-order valence-electron chi connectivity index (χ4n) is 2.58. The molecule has 0 amide bonds. The van der Waals surface area contributed by atoms with E-state index in [0.717, 1.165) is 30.3 Å². The third-order valence-corrected chi connectivity index (χ3v) is 4.36. The number of aryl methyl sites for hydroxylation is 1. The number of thiocarbonyl (C=S) groups is 1. The molecule has 0 fully saturated rings. The Hall–Kier alpha value is -2.11. The van der Waals surface area contributed by atoms with Crippen molar-refractivity contribution in [2.45, 2.75) is 13.3 Å². The minimum Gasteiger partial charge on any atom is -0.332 e. The summed E-state index contributed by atoms with van der Waals surface area (Å²) in [6, 6.07) is 15.7. The molecule has 0 atom stereocenters. The molecule has 0 saturated heterocycles. The molecule has 0 unspecified atom stereocenters. The molecule has 1 aliphatic heterocycles. The molecule has 0 saturated carbocycles. The van der Waals surface area contributed by atoms with E-state index in [0.29, 0.717) is 16.7 Å². The number of rotatable bonds is 3. The minimum absolute atomic E-state index is 0.606. The van der Waals surface area contributed by atoms with Crippen molar-refractivity contribution in [1.29, 1.82) is 0 Å². The number of hydrogen-bond acceptors (Lipinski definition) is 3. The normalized spacial score (nSPS) is 13.6. The predicted molar refractivity (Wildman–Crippen MR) is 106 cm³/mol. The second-order valence-corrected chi connectivity index (χ2v) is 6.26. The molecule has 24 heavy (non-hydrogen) atoms. The topological polar surface area (TPSA) is 39.7 Å². The summed E-state index contributed by atoms with van der Waals surface area (Å²) in [5.41, 5.74) is 3.18. The lowest BCUT2D eigenvalue weighted by Gasteiger charge is -2.23. The SMILES string of the molecule is CCc1ccccc1NC1=NCCN1C(=S)Nc1cccc(Cl)c1. The first kappa shape index (κ1) is 16.7. The highest BCUT2D eigenvalue weighted by Crippen LogP contribution is 2.19. The van der Waals surface area contributed by atoms with Crippen LogP contribution in [0.4, 0.5) is 11.4 Å². The minimum atomic E-state index is 0.606. The van der Waals surface area contributed by atoms with E-state index < -0.39 is 0 Å². The van der Waals surface area contributed by atoms with Gasteiger partial charge in [0.1, 0.15) is 0 Å². The monoisotopic (exact) mass is 358 g/mol. The molecule has 0 aromatic heterocycles. The number of nitrogens with zero attached hydrogens (tertiary/aromatic N) is 2. The molecule has 2 N–H and O–H groups in total. The molecule has 4 nitrogen and oxygen atoms in total. The van der Waals surface area contributed by atoms with Crippen molar-refractivity contribution in [3.63, 3.8) is 0 Å². The third-order valence-electron chi connectivity index (χ3n) is 3.81. The van der Waals surface area contributed by atoms with Gasteiger partial charge in [0, 0.05) is 22.9 Å². The Kier molecular flexibility index (Phi) is 5.33. The molecule has 0 radical (unpaired) electrons. The summed E-state index contributed by atoms with van der Waals surface area (Å²) >= 11 is 11.6. The van der Waals surface area contributed by atoms with Crippen LogP contribution in [0, 0.1) is 0 Å². The largest absolute Gasteiger partial charge is 0.332 e. The molecule has 0 bridgehead atoms. The van der Waals surface area contributed by atoms with Gasteiger partial charge in [-0.1, -0.05) is 42.8 Å². The Morgan fingerprint density at radius 2 is 2.08 bits per heavy atom. The van der Waals surface area contributed by atoms with Crippen LogP contribution in [-0.2, 0) is 6.42 Å². The van der Waals surface area contributed by atoms with Crippen LogP contribution in [0.25, 0.3) is 0 Å². The summed E-state index contributed by atoms with van der Waals surface area (Å²) in [7, 11) is 0.